The smallest absolute Gasteiger partial charge is 0.319 e. The van der Waals surface area contributed by atoms with Crippen LogP contribution in [-0.4, -0.2) is 102 Å². The second-order valence-electron chi connectivity index (χ2n) is 11.6. The first-order valence-electron chi connectivity index (χ1n) is 15.2. The monoisotopic (exact) mass is 659 g/mol. The lowest BCUT2D eigenvalue weighted by Crippen LogP contribution is -2.55. The van der Waals surface area contributed by atoms with Gasteiger partial charge in [0.2, 0.25) is 0 Å². The molecule has 13 heteroatoms. The predicted octanol–water partition coefficient (Wildman–Crippen LogP) is 4.64. The number of carbonyl (C=O) groups is 1. The number of halogens is 3. The highest BCUT2D eigenvalue weighted by molar-refractivity contribution is 6.36. The second kappa shape index (κ2) is 14.0. The van der Waals surface area contributed by atoms with Crippen LogP contribution >= 0.6 is 11.6 Å². The van der Waals surface area contributed by atoms with Crippen molar-refractivity contribution in [1.29, 1.82) is 5.26 Å². The molecule has 47 heavy (non-hydrogen) atoms. The number of aromatic nitrogens is 3. The maximum absolute atomic E-state index is 16.7. The zero-order valence-corrected chi connectivity index (χ0v) is 26.7. The summed E-state index contributed by atoms with van der Waals surface area (Å²) in [5, 5.41) is 11.9. The fourth-order valence-electron chi connectivity index (χ4n) is 6.24. The molecule has 2 fully saturated rings. The number of pyridine rings is 1. The van der Waals surface area contributed by atoms with Gasteiger partial charge in [0, 0.05) is 61.5 Å². The van der Waals surface area contributed by atoms with Gasteiger partial charge in [0.05, 0.1) is 23.9 Å². The van der Waals surface area contributed by atoms with Crippen LogP contribution in [0.2, 0.25) is 5.02 Å². The Kier molecular flexibility index (Phi) is 9.64. The first-order chi connectivity index (χ1) is 22.8. The number of methoxy groups -OCH3 is 1. The van der Waals surface area contributed by atoms with Gasteiger partial charge in [-0.2, -0.15) is 15.2 Å². The van der Waals surface area contributed by atoms with Crippen molar-refractivity contribution in [3.05, 3.63) is 53.4 Å². The quantitative estimate of drug-likeness (QED) is 0.262. The van der Waals surface area contributed by atoms with Crippen molar-refractivity contribution in [2.24, 2.45) is 0 Å². The molecule has 0 spiro atoms. The average molecular weight is 660 g/mol. The van der Waals surface area contributed by atoms with E-state index in [1.54, 1.807) is 17.0 Å². The van der Waals surface area contributed by atoms with Crippen LogP contribution < -0.4 is 9.64 Å². The number of likely N-dealkylation sites (N-methyl/N-ethyl adjacent to an activating group) is 1. The molecule has 1 amide bonds. The zero-order chi connectivity index (χ0) is 33.1. The highest BCUT2D eigenvalue weighted by Gasteiger charge is 2.33. The summed E-state index contributed by atoms with van der Waals surface area (Å²) in [6, 6.07) is 12.3. The largest absolute Gasteiger partial charge is 0.462 e. The number of carbonyl (C=O) groups excluding carboxylic acids is 1. The molecule has 2 aromatic heterocycles. The Morgan fingerprint density at radius 2 is 1.96 bits per heavy atom. The van der Waals surface area contributed by atoms with Crippen LogP contribution in [0.5, 0.6) is 6.01 Å². The normalized spacial score (nSPS) is 19.9. The van der Waals surface area contributed by atoms with Gasteiger partial charge in [0.15, 0.2) is 5.82 Å². The molecule has 0 unspecified atom stereocenters. The third-order valence-corrected chi connectivity index (χ3v) is 8.89. The molecule has 2 aliphatic rings. The van der Waals surface area contributed by atoms with Crippen LogP contribution in [0.15, 0.2) is 42.6 Å². The molecule has 4 heterocycles. The van der Waals surface area contributed by atoms with Crippen LogP contribution in [0.4, 0.5) is 14.6 Å². The molecule has 0 N–H and O–H groups in total. The van der Waals surface area contributed by atoms with Crippen molar-refractivity contribution in [1.82, 2.24) is 24.8 Å². The standard InChI is InChI=1S/C34H32ClF2N7O3/c1-42-18-22(36)16-24(42)20-47-34-40-32-26(17-39-31(30(32)37)25-8-3-6-21-7-4-9-27(35)29(21)25)33(41-34)43-13-14-44(23(19-43)11-12-38)28(45)10-5-15-46-2/h3-4,6-9,17,22-24H,11,13-16,18-20H2,1-2H3/t22-,23+,24+/m1/s1. The molecule has 0 bridgehead atoms. The van der Waals surface area contributed by atoms with E-state index in [0.29, 0.717) is 46.7 Å². The first kappa shape index (κ1) is 32.3. The minimum absolute atomic E-state index is 0.0111. The van der Waals surface area contributed by atoms with E-state index in [9.17, 15) is 14.4 Å². The fraction of sp³-hybridized carbons (Fsp3) is 0.382. The second-order valence-corrected chi connectivity index (χ2v) is 12.0. The number of amides is 1. The molecule has 2 aromatic carbocycles. The van der Waals surface area contributed by atoms with E-state index < -0.39 is 23.9 Å². The summed E-state index contributed by atoms with van der Waals surface area (Å²) in [7, 11) is 3.31. The summed E-state index contributed by atoms with van der Waals surface area (Å²) in [6.45, 7) is 1.32. The number of benzene rings is 2. The van der Waals surface area contributed by atoms with Gasteiger partial charge in [-0.1, -0.05) is 47.9 Å². The molecule has 0 radical (unpaired) electrons. The topological polar surface area (TPSA) is 108 Å². The number of fused-ring (bicyclic) bond motifs is 2. The number of nitrogens with zero attached hydrogens (tertiary/aromatic N) is 7. The highest BCUT2D eigenvalue weighted by atomic mass is 35.5. The number of likely N-dealkylation sites (tertiary alicyclic amines) is 1. The summed E-state index contributed by atoms with van der Waals surface area (Å²) in [5.41, 5.74) is 0.561. The van der Waals surface area contributed by atoms with Crippen LogP contribution in [0.25, 0.3) is 32.9 Å². The van der Waals surface area contributed by atoms with Crippen LogP contribution in [-0.2, 0) is 9.53 Å². The molecular weight excluding hydrogens is 628 g/mol. The van der Waals surface area contributed by atoms with Crippen molar-refractivity contribution < 1.29 is 23.0 Å². The van der Waals surface area contributed by atoms with Gasteiger partial charge in [-0.05, 0) is 30.8 Å². The lowest BCUT2D eigenvalue weighted by molar-refractivity contribution is -0.127. The van der Waals surface area contributed by atoms with Crippen LogP contribution in [0.1, 0.15) is 12.8 Å². The Bertz CT molecular complexity index is 1920. The Balaban J connectivity index is 1.42. The van der Waals surface area contributed by atoms with Crippen molar-refractivity contribution in [3.63, 3.8) is 0 Å². The predicted molar refractivity (Wildman–Crippen MR) is 174 cm³/mol. The first-order valence-corrected chi connectivity index (χ1v) is 15.6. The number of hydrogen-bond donors (Lipinski definition) is 0. The van der Waals surface area contributed by atoms with E-state index in [2.05, 4.69) is 32.9 Å². The number of anilines is 1. The maximum Gasteiger partial charge on any atom is 0.319 e. The maximum atomic E-state index is 16.7. The van der Waals surface area contributed by atoms with E-state index in [0.717, 1.165) is 5.39 Å². The number of rotatable bonds is 7. The molecule has 10 nitrogen and oxygen atoms in total. The molecule has 2 aliphatic heterocycles. The minimum Gasteiger partial charge on any atom is -0.462 e. The molecule has 0 aliphatic carbocycles. The van der Waals surface area contributed by atoms with Gasteiger partial charge in [0.1, 0.15) is 36.4 Å². The molecule has 0 saturated carbocycles. The van der Waals surface area contributed by atoms with Gasteiger partial charge in [-0.15, -0.1) is 0 Å². The molecular formula is C34H32ClF2N7O3. The Morgan fingerprint density at radius 3 is 2.70 bits per heavy atom. The number of nitriles is 1. The van der Waals surface area contributed by atoms with Crippen molar-refractivity contribution in [3.8, 4) is 35.2 Å². The Morgan fingerprint density at radius 1 is 1.15 bits per heavy atom. The molecule has 3 atom stereocenters. The lowest BCUT2D eigenvalue weighted by atomic mass is 10.0. The van der Waals surface area contributed by atoms with E-state index in [4.69, 9.17) is 21.1 Å². The number of hydrogen-bond acceptors (Lipinski definition) is 9. The number of piperazine rings is 1. The SMILES string of the molecule is COCC#CC(=O)N1CCN(c2nc(OC[C@@H]3C[C@@H](F)CN3C)nc3c(F)c(-c4cccc5cccc(Cl)c45)ncc23)C[C@@H]1CC#N. The molecule has 4 aromatic rings. The average Bonchev–Trinajstić information content (AvgIpc) is 3.40. The lowest BCUT2D eigenvalue weighted by Gasteiger charge is -2.40. The Hall–Kier alpha value is -4.62. The molecule has 6 rings (SSSR count). The fourth-order valence-corrected chi connectivity index (χ4v) is 6.52. The van der Waals surface area contributed by atoms with Crippen molar-refractivity contribution in [2.45, 2.75) is 31.1 Å². The summed E-state index contributed by atoms with van der Waals surface area (Å²) in [4.78, 5) is 31.9. The Labute approximate surface area is 275 Å². The van der Waals surface area contributed by atoms with Gasteiger partial charge >= 0.3 is 6.01 Å². The summed E-state index contributed by atoms with van der Waals surface area (Å²) in [5.74, 6) is 4.50. The third-order valence-electron chi connectivity index (χ3n) is 8.58. The summed E-state index contributed by atoms with van der Waals surface area (Å²) in [6.07, 6.45) is 0.918. The highest BCUT2D eigenvalue weighted by Crippen LogP contribution is 2.37. The van der Waals surface area contributed by atoms with Gasteiger partial charge in [-0.25, -0.2) is 8.78 Å². The van der Waals surface area contributed by atoms with Crippen LogP contribution in [0.3, 0.4) is 0 Å². The van der Waals surface area contributed by atoms with Gasteiger partial charge in [0.25, 0.3) is 5.91 Å². The number of ether oxygens (including phenoxy) is 2. The minimum atomic E-state index is -0.962. The zero-order valence-electron chi connectivity index (χ0n) is 25.9. The third kappa shape index (κ3) is 6.63. The van der Waals surface area contributed by atoms with Crippen molar-refractivity contribution in [2.75, 3.05) is 58.5 Å². The van der Waals surface area contributed by atoms with Gasteiger partial charge < -0.3 is 19.3 Å². The van der Waals surface area contributed by atoms with Crippen LogP contribution in [0, 0.1) is 29.0 Å². The van der Waals surface area contributed by atoms with E-state index >= 15 is 4.39 Å². The van der Waals surface area contributed by atoms with E-state index in [1.807, 2.05) is 41.1 Å². The van der Waals surface area contributed by atoms with E-state index in [-0.39, 0.29) is 56.0 Å². The molecule has 242 valence electrons. The van der Waals surface area contributed by atoms with E-state index in [1.165, 1.54) is 13.3 Å². The summed E-state index contributed by atoms with van der Waals surface area (Å²) >= 11 is 6.57. The number of alkyl halides is 1. The van der Waals surface area contributed by atoms with Crippen molar-refractivity contribution >= 4 is 45.0 Å². The van der Waals surface area contributed by atoms with Gasteiger partial charge in [-0.3, -0.25) is 14.7 Å². The summed E-state index contributed by atoms with van der Waals surface area (Å²) < 4.78 is 41.7. The molecule has 2 saturated heterocycles.